The van der Waals surface area contributed by atoms with Crippen molar-refractivity contribution in [1.29, 1.82) is 0 Å². The molecule has 1 N–H and O–H groups in total. The monoisotopic (exact) mass is 452 g/mol. The summed E-state index contributed by atoms with van der Waals surface area (Å²) >= 11 is 0. The number of anilines is 2. The summed E-state index contributed by atoms with van der Waals surface area (Å²) in [6, 6.07) is 4.33. The molecule has 4 heterocycles. The van der Waals surface area contributed by atoms with Crippen LogP contribution in [-0.2, 0) is 13.1 Å². The fourth-order valence-corrected chi connectivity index (χ4v) is 4.07. The minimum absolute atomic E-state index is 0.0356. The third kappa shape index (κ3) is 3.84. The highest BCUT2D eigenvalue weighted by Crippen LogP contribution is 2.28. The molecule has 11 heteroatoms. The standard InChI is InChI=1S/C22H22F2N8O/c1-12(2)32-17-7-13(6-15(23)21(17)25-10-19(32)33)20-16(24)9-26-22(28-20)27-18-8-14-11-30(3)4-5-31(14)29-18/h6-10,12H,4-5,11H2,1-3H3,(H,26,27,28,29). The van der Waals surface area contributed by atoms with Crippen LogP contribution < -0.4 is 10.9 Å². The van der Waals surface area contributed by atoms with E-state index in [-0.39, 0.29) is 39.8 Å². The first-order valence-corrected chi connectivity index (χ1v) is 10.6. The Morgan fingerprint density at radius 3 is 2.67 bits per heavy atom. The predicted molar refractivity (Wildman–Crippen MR) is 119 cm³/mol. The molecule has 0 saturated heterocycles. The first-order chi connectivity index (χ1) is 15.8. The third-order valence-corrected chi connectivity index (χ3v) is 5.61. The van der Waals surface area contributed by atoms with Gasteiger partial charge in [-0.15, -0.1) is 0 Å². The molecule has 0 amide bonds. The normalized spacial score (nSPS) is 14.1. The van der Waals surface area contributed by atoms with Gasteiger partial charge in [0.2, 0.25) is 5.95 Å². The van der Waals surface area contributed by atoms with Crippen molar-refractivity contribution in [2.75, 3.05) is 18.9 Å². The molecule has 170 valence electrons. The molecule has 0 aliphatic carbocycles. The Labute approximate surface area is 187 Å². The van der Waals surface area contributed by atoms with Crippen LogP contribution in [0.25, 0.3) is 22.3 Å². The van der Waals surface area contributed by atoms with Crippen molar-refractivity contribution in [3.8, 4) is 11.3 Å². The molecule has 0 bridgehead atoms. The predicted octanol–water partition coefficient (Wildman–Crippen LogP) is 3.10. The molecule has 3 aromatic heterocycles. The lowest BCUT2D eigenvalue weighted by Crippen LogP contribution is -2.30. The summed E-state index contributed by atoms with van der Waals surface area (Å²) < 4.78 is 32.9. The van der Waals surface area contributed by atoms with Crippen LogP contribution in [0.3, 0.4) is 0 Å². The van der Waals surface area contributed by atoms with Gasteiger partial charge in [-0.1, -0.05) is 0 Å². The molecule has 1 aromatic carbocycles. The van der Waals surface area contributed by atoms with Crippen molar-refractivity contribution in [3.05, 3.63) is 58.3 Å². The van der Waals surface area contributed by atoms with Crippen molar-refractivity contribution < 1.29 is 8.78 Å². The molecule has 0 spiro atoms. The van der Waals surface area contributed by atoms with Gasteiger partial charge in [0, 0.05) is 30.8 Å². The molecule has 0 atom stereocenters. The van der Waals surface area contributed by atoms with E-state index in [0.717, 1.165) is 43.8 Å². The van der Waals surface area contributed by atoms with Crippen LogP contribution in [0.2, 0.25) is 0 Å². The Hall–Kier alpha value is -3.73. The van der Waals surface area contributed by atoms with Crippen molar-refractivity contribution in [2.24, 2.45) is 0 Å². The van der Waals surface area contributed by atoms with Crippen molar-refractivity contribution in [2.45, 2.75) is 33.0 Å². The highest BCUT2D eigenvalue weighted by Gasteiger charge is 2.19. The molecule has 33 heavy (non-hydrogen) atoms. The summed E-state index contributed by atoms with van der Waals surface area (Å²) in [5.74, 6) is -0.716. The first-order valence-electron chi connectivity index (χ1n) is 10.6. The fraction of sp³-hybridized carbons (Fsp3) is 0.318. The van der Waals surface area contributed by atoms with Gasteiger partial charge in [-0.2, -0.15) is 5.10 Å². The van der Waals surface area contributed by atoms with Gasteiger partial charge in [0.25, 0.3) is 5.56 Å². The number of rotatable bonds is 4. The number of likely N-dealkylation sites (N-methyl/N-ethyl adjacent to an activating group) is 1. The minimum atomic E-state index is -0.715. The van der Waals surface area contributed by atoms with E-state index in [0.29, 0.717) is 5.82 Å². The molecule has 1 aliphatic heterocycles. The third-order valence-electron chi connectivity index (χ3n) is 5.61. The summed E-state index contributed by atoms with van der Waals surface area (Å²) in [7, 11) is 2.04. The van der Waals surface area contributed by atoms with Crippen LogP contribution in [0.4, 0.5) is 20.5 Å². The second-order valence-electron chi connectivity index (χ2n) is 8.38. The van der Waals surface area contributed by atoms with E-state index in [2.05, 4.69) is 30.3 Å². The van der Waals surface area contributed by atoms with E-state index in [1.54, 1.807) is 13.8 Å². The van der Waals surface area contributed by atoms with Crippen LogP contribution in [0, 0.1) is 11.6 Å². The molecule has 0 radical (unpaired) electrons. The average molecular weight is 452 g/mol. The van der Waals surface area contributed by atoms with Crippen molar-refractivity contribution in [1.82, 2.24) is 34.2 Å². The largest absolute Gasteiger partial charge is 0.307 e. The van der Waals surface area contributed by atoms with Gasteiger partial charge >= 0.3 is 0 Å². The Bertz CT molecular complexity index is 1430. The fourth-order valence-electron chi connectivity index (χ4n) is 4.07. The number of benzene rings is 1. The SMILES string of the molecule is CC(C)n1c(=O)cnc2c(F)cc(-c3nc(Nc4cc5n(n4)CCN(C)C5)ncc3F)cc21. The Kier molecular flexibility index (Phi) is 5.12. The number of hydrogen-bond acceptors (Lipinski definition) is 7. The highest BCUT2D eigenvalue weighted by molar-refractivity contribution is 5.82. The lowest BCUT2D eigenvalue weighted by atomic mass is 10.1. The van der Waals surface area contributed by atoms with Crippen LogP contribution >= 0.6 is 0 Å². The Morgan fingerprint density at radius 1 is 1.06 bits per heavy atom. The zero-order valence-corrected chi connectivity index (χ0v) is 18.4. The zero-order chi connectivity index (χ0) is 23.3. The van der Waals surface area contributed by atoms with E-state index in [9.17, 15) is 13.6 Å². The molecule has 0 fully saturated rings. The summed E-state index contributed by atoms with van der Waals surface area (Å²) in [6.45, 7) is 6.05. The van der Waals surface area contributed by atoms with E-state index in [1.807, 2.05) is 17.8 Å². The molecule has 5 rings (SSSR count). The number of aromatic nitrogens is 6. The van der Waals surface area contributed by atoms with Crippen LogP contribution in [0.15, 0.2) is 35.4 Å². The topological polar surface area (TPSA) is 93.8 Å². The molecular weight excluding hydrogens is 430 g/mol. The van der Waals surface area contributed by atoms with Crippen molar-refractivity contribution >= 4 is 22.8 Å². The van der Waals surface area contributed by atoms with E-state index in [4.69, 9.17) is 0 Å². The molecule has 4 aromatic rings. The van der Waals surface area contributed by atoms with Crippen LogP contribution in [0.5, 0.6) is 0 Å². The number of fused-ring (bicyclic) bond motifs is 2. The van der Waals surface area contributed by atoms with Gasteiger partial charge < -0.3 is 9.88 Å². The number of nitrogens with one attached hydrogen (secondary N) is 1. The quantitative estimate of drug-likeness (QED) is 0.509. The lowest BCUT2D eigenvalue weighted by Gasteiger charge is -2.22. The first kappa shape index (κ1) is 21.1. The minimum Gasteiger partial charge on any atom is -0.307 e. The van der Waals surface area contributed by atoms with Gasteiger partial charge in [0.1, 0.15) is 11.2 Å². The van der Waals surface area contributed by atoms with E-state index in [1.165, 1.54) is 10.6 Å². The lowest BCUT2D eigenvalue weighted by molar-refractivity contribution is 0.259. The second-order valence-corrected chi connectivity index (χ2v) is 8.38. The summed E-state index contributed by atoms with van der Waals surface area (Å²) in [4.78, 5) is 26.7. The molecule has 0 saturated carbocycles. The Morgan fingerprint density at radius 2 is 1.88 bits per heavy atom. The molecule has 9 nitrogen and oxygen atoms in total. The van der Waals surface area contributed by atoms with Gasteiger partial charge in [-0.25, -0.2) is 23.7 Å². The maximum absolute atomic E-state index is 14.9. The second kappa shape index (κ2) is 8.00. The maximum Gasteiger partial charge on any atom is 0.269 e. The van der Waals surface area contributed by atoms with Gasteiger partial charge in [-0.05, 0) is 33.0 Å². The molecular formula is C22H22F2N8O. The summed E-state index contributed by atoms with van der Waals surface area (Å²) in [6.07, 6.45) is 2.11. The number of halogens is 2. The van der Waals surface area contributed by atoms with Crippen molar-refractivity contribution in [3.63, 3.8) is 0 Å². The average Bonchev–Trinajstić information content (AvgIpc) is 3.15. The van der Waals surface area contributed by atoms with Gasteiger partial charge in [-0.3, -0.25) is 14.4 Å². The van der Waals surface area contributed by atoms with E-state index >= 15 is 0 Å². The van der Waals surface area contributed by atoms with Gasteiger partial charge in [0.15, 0.2) is 17.5 Å². The zero-order valence-electron chi connectivity index (χ0n) is 18.4. The molecule has 0 unspecified atom stereocenters. The molecule has 1 aliphatic rings. The summed E-state index contributed by atoms with van der Waals surface area (Å²) in [5, 5.41) is 7.50. The van der Waals surface area contributed by atoms with Gasteiger partial charge in [0.05, 0.1) is 30.1 Å². The highest BCUT2D eigenvalue weighted by atomic mass is 19.1. The van der Waals surface area contributed by atoms with Crippen LogP contribution in [-0.4, -0.2) is 47.8 Å². The Balaban J connectivity index is 1.56. The number of hydrogen-bond donors (Lipinski definition) is 1. The maximum atomic E-state index is 14.9. The van der Waals surface area contributed by atoms with E-state index < -0.39 is 11.6 Å². The summed E-state index contributed by atoms with van der Waals surface area (Å²) in [5.41, 5.74) is 1.07. The smallest absolute Gasteiger partial charge is 0.269 e. The van der Waals surface area contributed by atoms with Crippen LogP contribution in [0.1, 0.15) is 25.6 Å². The number of nitrogens with zero attached hydrogens (tertiary/aromatic N) is 7.